The summed E-state index contributed by atoms with van der Waals surface area (Å²) in [6.45, 7) is 8.48. The van der Waals surface area contributed by atoms with E-state index in [1.807, 2.05) is 0 Å². The Kier molecular flexibility index (Phi) is 4.49. The van der Waals surface area contributed by atoms with Crippen LogP contribution in [0.15, 0.2) is 12.7 Å². The SMILES string of the molecule is C=CC(=O)NCCN1CCOCC1. The number of rotatable bonds is 4. The van der Waals surface area contributed by atoms with Crippen molar-refractivity contribution in [3.8, 4) is 0 Å². The fourth-order valence-corrected chi connectivity index (χ4v) is 1.23. The van der Waals surface area contributed by atoms with Gasteiger partial charge >= 0.3 is 0 Å². The highest BCUT2D eigenvalue weighted by Crippen LogP contribution is 1.94. The van der Waals surface area contributed by atoms with Crippen molar-refractivity contribution >= 4 is 5.91 Å². The van der Waals surface area contributed by atoms with E-state index in [4.69, 9.17) is 4.74 Å². The molecule has 1 rings (SSSR count). The van der Waals surface area contributed by atoms with Gasteiger partial charge in [0.05, 0.1) is 13.2 Å². The Balaban J connectivity index is 2.04. The number of nitrogens with one attached hydrogen (secondary N) is 1. The molecule has 0 saturated carbocycles. The molecule has 0 radical (unpaired) electrons. The maximum atomic E-state index is 10.8. The fourth-order valence-electron chi connectivity index (χ4n) is 1.23. The Morgan fingerprint density at radius 2 is 2.23 bits per heavy atom. The average Bonchev–Trinajstić information content (AvgIpc) is 2.19. The summed E-state index contributed by atoms with van der Waals surface area (Å²) in [7, 11) is 0. The van der Waals surface area contributed by atoms with E-state index in [1.54, 1.807) is 0 Å². The second kappa shape index (κ2) is 5.72. The number of nitrogens with zero attached hydrogens (tertiary/aromatic N) is 1. The highest BCUT2D eigenvalue weighted by Gasteiger charge is 2.09. The first kappa shape index (κ1) is 10.2. The van der Waals surface area contributed by atoms with E-state index < -0.39 is 0 Å². The molecule has 74 valence electrons. The van der Waals surface area contributed by atoms with E-state index in [-0.39, 0.29) is 5.91 Å². The maximum Gasteiger partial charge on any atom is 0.243 e. The van der Waals surface area contributed by atoms with Crippen molar-refractivity contribution in [1.82, 2.24) is 10.2 Å². The normalized spacial score (nSPS) is 18.2. The number of carbonyl (C=O) groups is 1. The molecule has 1 saturated heterocycles. The second-order valence-corrected chi connectivity index (χ2v) is 2.95. The largest absolute Gasteiger partial charge is 0.379 e. The molecular weight excluding hydrogens is 168 g/mol. The van der Waals surface area contributed by atoms with Crippen molar-refractivity contribution in [2.24, 2.45) is 0 Å². The van der Waals surface area contributed by atoms with Gasteiger partial charge in [-0.25, -0.2) is 0 Å². The molecule has 0 aromatic carbocycles. The predicted molar refractivity (Wildman–Crippen MR) is 50.5 cm³/mol. The zero-order valence-electron chi connectivity index (χ0n) is 7.79. The lowest BCUT2D eigenvalue weighted by atomic mass is 10.4. The lowest BCUT2D eigenvalue weighted by Crippen LogP contribution is -2.41. The van der Waals surface area contributed by atoms with E-state index in [2.05, 4.69) is 16.8 Å². The van der Waals surface area contributed by atoms with E-state index in [1.165, 1.54) is 6.08 Å². The molecule has 0 atom stereocenters. The summed E-state index contributed by atoms with van der Waals surface area (Å²) in [5, 5.41) is 2.74. The minimum atomic E-state index is -0.103. The number of hydrogen-bond acceptors (Lipinski definition) is 3. The summed E-state index contributed by atoms with van der Waals surface area (Å²) in [6.07, 6.45) is 1.29. The standard InChI is InChI=1S/C9H16N2O2/c1-2-9(12)10-3-4-11-5-7-13-8-6-11/h2H,1,3-8H2,(H,10,12). The molecule has 0 aliphatic carbocycles. The monoisotopic (exact) mass is 184 g/mol. The molecule has 0 aromatic heterocycles. The van der Waals surface area contributed by atoms with E-state index in [0.717, 1.165) is 32.8 Å². The highest BCUT2D eigenvalue weighted by molar-refractivity contribution is 5.86. The molecule has 0 bridgehead atoms. The van der Waals surface area contributed by atoms with E-state index in [0.29, 0.717) is 6.54 Å². The van der Waals surface area contributed by atoms with Crippen LogP contribution in [-0.2, 0) is 9.53 Å². The van der Waals surface area contributed by atoms with Gasteiger partial charge < -0.3 is 10.1 Å². The predicted octanol–water partition coefficient (Wildman–Crippen LogP) is -0.379. The molecule has 4 nitrogen and oxygen atoms in total. The van der Waals surface area contributed by atoms with Gasteiger partial charge in [0.15, 0.2) is 0 Å². The number of hydrogen-bond donors (Lipinski definition) is 1. The van der Waals surface area contributed by atoms with E-state index in [9.17, 15) is 4.79 Å². The van der Waals surface area contributed by atoms with Gasteiger partial charge in [0.25, 0.3) is 0 Å². The second-order valence-electron chi connectivity index (χ2n) is 2.95. The van der Waals surface area contributed by atoms with Gasteiger partial charge in [-0.15, -0.1) is 0 Å². The van der Waals surface area contributed by atoms with Crippen LogP contribution in [0.1, 0.15) is 0 Å². The molecule has 1 amide bonds. The van der Waals surface area contributed by atoms with Gasteiger partial charge in [-0.1, -0.05) is 6.58 Å². The summed E-state index contributed by atoms with van der Waals surface area (Å²) < 4.78 is 5.20. The van der Waals surface area contributed by atoms with Crippen LogP contribution in [0.5, 0.6) is 0 Å². The fraction of sp³-hybridized carbons (Fsp3) is 0.667. The Labute approximate surface area is 78.5 Å². The number of carbonyl (C=O) groups excluding carboxylic acids is 1. The number of ether oxygens (including phenoxy) is 1. The third-order valence-electron chi connectivity index (χ3n) is 2.02. The Morgan fingerprint density at radius 1 is 1.54 bits per heavy atom. The molecule has 0 spiro atoms. The van der Waals surface area contributed by atoms with Gasteiger partial charge in [-0.3, -0.25) is 9.69 Å². The number of morpholine rings is 1. The van der Waals surface area contributed by atoms with Crippen molar-refractivity contribution in [3.63, 3.8) is 0 Å². The van der Waals surface area contributed by atoms with Crippen molar-refractivity contribution in [2.75, 3.05) is 39.4 Å². The summed E-state index contributed by atoms with van der Waals surface area (Å²) in [6, 6.07) is 0. The van der Waals surface area contributed by atoms with Gasteiger partial charge in [0.1, 0.15) is 0 Å². The third kappa shape index (κ3) is 4.05. The number of amides is 1. The topological polar surface area (TPSA) is 41.6 Å². The van der Waals surface area contributed by atoms with Gasteiger partial charge in [0, 0.05) is 26.2 Å². The minimum absolute atomic E-state index is 0.103. The molecule has 0 aromatic rings. The quantitative estimate of drug-likeness (QED) is 0.606. The zero-order chi connectivity index (χ0) is 9.52. The molecule has 13 heavy (non-hydrogen) atoms. The molecule has 0 unspecified atom stereocenters. The first-order valence-electron chi connectivity index (χ1n) is 4.53. The maximum absolute atomic E-state index is 10.8. The lowest BCUT2D eigenvalue weighted by Gasteiger charge is -2.26. The Bertz CT molecular complexity index is 176. The summed E-state index contributed by atoms with van der Waals surface area (Å²) in [5.41, 5.74) is 0. The molecule has 1 N–H and O–H groups in total. The van der Waals surface area contributed by atoms with Crippen LogP contribution >= 0.6 is 0 Å². The van der Waals surface area contributed by atoms with Crippen LogP contribution in [0.3, 0.4) is 0 Å². The Morgan fingerprint density at radius 3 is 2.85 bits per heavy atom. The van der Waals surface area contributed by atoms with Crippen molar-refractivity contribution in [3.05, 3.63) is 12.7 Å². The van der Waals surface area contributed by atoms with Crippen molar-refractivity contribution < 1.29 is 9.53 Å². The van der Waals surface area contributed by atoms with Gasteiger partial charge in [-0.2, -0.15) is 0 Å². The van der Waals surface area contributed by atoms with Crippen molar-refractivity contribution in [2.45, 2.75) is 0 Å². The third-order valence-corrected chi connectivity index (χ3v) is 2.02. The van der Waals surface area contributed by atoms with Crippen molar-refractivity contribution in [1.29, 1.82) is 0 Å². The van der Waals surface area contributed by atoms with Crippen LogP contribution < -0.4 is 5.32 Å². The molecular formula is C9H16N2O2. The smallest absolute Gasteiger partial charge is 0.243 e. The average molecular weight is 184 g/mol. The summed E-state index contributed by atoms with van der Waals surface area (Å²) in [4.78, 5) is 13.1. The van der Waals surface area contributed by atoms with Gasteiger partial charge in [-0.05, 0) is 6.08 Å². The first-order chi connectivity index (χ1) is 6.33. The zero-order valence-corrected chi connectivity index (χ0v) is 7.79. The lowest BCUT2D eigenvalue weighted by molar-refractivity contribution is -0.116. The molecule has 4 heteroatoms. The van der Waals surface area contributed by atoms with Crippen LogP contribution in [-0.4, -0.2) is 50.2 Å². The van der Waals surface area contributed by atoms with Crippen LogP contribution in [0.2, 0.25) is 0 Å². The summed E-state index contributed by atoms with van der Waals surface area (Å²) >= 11 is 0. The van der Waals surface area contributed by atoms with Crippen LogP contribution in [0.25, 0.3) is 0 Å². The van der Waals surface area contributed by atoms with Gasteiger partial charge in [0.2, 0.25) is 5.91 Å². The molecule has 1 aliphatic heterocycles. The van der Waals surface area contributed by atoms with Crippen LogP contribution in [0, 0.1) is 0 Å². The van der Waals surface area contributed by atoms with E-state index >= 15 is 0 Å². The summed E-state index contributed by atoms with van der Waals surface area (Å²) in [5.74, 6) is -0.103. The molecule has 1 aliphatic rings. The molecule has 1 fully saturated rings. The first-order valence-corrected chi connectivity index (χ1v) is 4.53. The molecule has 1 heterocycles. The Hall–Kier alpha value is -0.870. The van der Waals surface area contributed by atoms with Crippen LogP contribution in [0.4, 0.5) is 0 Å². The minimum Gasteiger partial charge on any atom is -0.379 e. The highest BCUT2D eigenvalue weighted by atomic mass is 16.5.